The summed E-state index contributed by atoms with van der Waals surface area (Å²) >= 11 is 0. The lowest BCUT2D eigenvalue weighted by Gasteiger charge is -2.05. The number of nitrogens with zero attached hydrogens (tertiary/aromatic N) is 2. The Kier molecular flexibility index (Phi) is 6.05. The maximum atomic E-state index is 12.6. The number of hydrogen-bond acceptors (Lipinski definition) is 6. The van der Waals surface area contributed by atoms with Gasteiger partial charge in [-0.25, -0.2) is 0 Å². The van der Waals surface area contributed by atoms with E-state index < -0.39 is 20.0 Å². The first-order valence-corrected chi connectivity index (χ1v) is 13.0. The van der Waals surface area contributed by atoms with Gasteiger partial charge in [-0.1, -0.05) is 59.7 Å². The van der Waals surface area contributed by atoms with Gasteiger partial charge in [-0.15, -0.1) is 0 Å². The number of hydrazone groups is 2. The Balaban J connectivity index is 1.59. The first-order valence-electron chi connectivity index (χ1n) is 10.1. The molecule has 2 N–H and O–H groups in total. The van der Waals surface area contributed by atoms with Gasteiger partial charge in [-0.05, 0) is 38.1 Å². The van der Waals surface area contributed by atoms with E-state index in [9.17, 15) is 16.8 Å². The van der Waals surface area contributed by atoms with Crippen LogP contribution in [0.2, 0.25) is 0 Å². The summed E-state index contributed by atoms with van der Waals surface area (Å²) in [5, 5.41) is 8.24. The Labute approximate surface area is 193 Å². The SMILES string of the molecule is Cc1ccc(S(=O)(=O)N/N=C2/C/C(=N/NS(=O)(=O)c3ccc(C)cc3)c3ccccc32)cc1. The van der Waals surface area contributed by atoms with E-state index in [2.05, 4.69) is 19.9 Å². The standard InChI is InChI=1S/C23H22N4O4S2/c1-16-7-11-18(12-8-16)32(28,29)26-24-22-15-23(21-6-4-3-5-20(21)22)25-27-33(30,31)19-13-9-17(2)10-14-19/h3-14,26-27H,15H2,1-2H3/b24-22-,25-23-. The van der Waals surface area contributed by atoms with Crippen LogP contribution < -0.4 is 9.66 Å². The lowest BCUT2D eigenvalue weighted by molar-refractivity contribution is 0.583. The second-order valence-corrected chi connectivity index (χ2v) is 11.0. The number of rotatable bonds is 6. The van der Waals surface area contributed by atoms with Crippen LogP contribution in [0.15, 0.2) is 92.8 Å². The van der Waals surface area contributed by atoms with Crippen molar-refractivity contribution in [1.29, 1.82) is 0 Å². The number of hydrogen-bond donors (Lipinski definition) is 2. The molecule has 0 unspecified atom stereocenters. The number of fused-ring (bicyclic) bond motifs is 1. The molecule has 0 fully saturated rings. The molecule has 0 bridgehead atoms. The lowest BCUT2D eigenvalue weighted by atomic mass is 10.1. The van der Waals surface area contributed by atoms with Crippen LogP contribution in [-0.4, -0.2) is 28.3 Å². The molecule has 0 aromatic heterocycles. The Bertz CT molecular complexity index is 1350. The van der Waals surface area contributed by atoms with E-state index in [0.29, 0.717) is 22.6 Å². The van der Waals surface area contributed by atoms with Gasteiger partial charge >= 0.3 is 0 Å². The summed E-state index contributed by atoms with van der Waals surface area (Å²) in [4.78, 5) is 4.74. The second-order valence-electron chi connectivity index (χ2n) is 7.65. The Morgan fingerprint density at radius 1 is 0.606 bits per heavy atom. The third-order valence-electron chi connectivity index (χ3n) is 5.15. The van der Waals surface area contributed by atoms with Gasteiger partial charge in [0.2, 0.25) is 0 Å². The minimum atomic E-state index is -3.85. The summed E-state index contributed by atoms with van der Waals surface area (Å²) < 4.78 is 50.4. The van der Waals surface area contributed by atoms with Crippen molar-refractivity contribution in [3.8, 4) is 0 Å². The van der Waals surface area contributed by atoms with Gasteiger partial charge < -0.3 is 0 Å². The smallest absolute Gasteiger partial charge is 0.200 e. The van der Waals surface area contributed by atoms with Gasteiger partial charge in [0.05, 0.1) is 21.2 Å². The Hall–Kier alpha value is -3.50. The summed E-state index contributed by atoms with van der Waals surface area (Å²) in [7, 11) is -7.70. The average molecular weight is 483 g/mol. The van der Waals surface area contributed by atoms with Crippen molar-refractivity contribution in [2.24, 2.45) is 10.2 Å². The quantitative estimate of drug-likeness (QED) is 0.525. The summed E-state index contributed by atoms with van der Waals surface area (Å²) in [6.45, 7) is 3.74. The molecule has 170 valence electrons. The summed E-state index contributed by atoms with van der Waals surface area (Å²) in [6.07, 6.45) is 0.159. The van der Waals surface area contributed by atoms with Crippen molar-refractivity contribution in [2.75, 3.05) is 0 Å². The highest BCUT2D eigenvalue weighted by atomic mass is 32.2. The highest BCUT2D eigenvalue weighted by molar-refractivity contribution is 7.89. The first kappa shape index (κ1) is 22.7. The zero-order valence-corrected chi connectivity index (χ0v) is 19.6. The van der Waals surface area contributed by atoms with Crippen molar-refractivity contribution in [2.45, 2.75) is 30.1 Å². The molecule has 10 heteroatoms. The zero-order valence-electron chi connectivity index (χ0n) is 18.0. The average Bonchev–Trinajstić information content (AvgIpc) is 3.15. The molecule has 4 rings (SSSR count). The highest BCUT2D eigenvalue weighted by Gasteiger charge is 2.25. The fourth-order valence-corrected chi connectivity index (χ4v) is 4.97. The van der Waals surface area contributed by atoms with E-state index in [1.54, 1.807) is 48.5 Å². The molecule has 3 aromatic carbocycles. The first-order chi connectivity index (χ1) is 15.7. The minimum absolute atomic E-state index is 0.100. The van der Waals surface area contributed by atoms with Crippen LogP contribution in [0.5, 0.6) is 0 Å². The van der Waals surface area contributed by atoms with Crippen LogP contribution in [0.25, 0.3) is 0 Å². The van der Waals surface area contributed by atoms with Gasteiger partial charge in [0.1, 0.15) is 0 Å². The molecule has 0 saturated heterocycles. The molecule has 1 aliphatic carbocycles. The number of benzene rings is 3. The van der Waals surface area contributed by atoms with E-state index in [1.807, 2.05) is 13.8 Å². The molecule has 0 amide bonds. The monoisotopic (exact) mass is 482 g/mol. The third kappa shape index (κ3) is 4.96. The number of aryl methyl sites for hydroxylation is 2. The predicted molar refractivity (Wildman–Crippen MR) is 127 cm³/mol. The van der Waals surface area contributed by atoms with Crippen LogP contribution in [0.3, 0.4) is 0 Å². The summed E-state index contributed by atoms with van der Waals surface area (Å²) in [5.41, 5.74) is 4.12. The normalized spacial score (nSPS) is 16.1. The molecule has 3 aromatic rings. The predicted octanol–water partition coefficient (Wildman–Crippen LogP) is 3.07. The number of nitrogens with one attached hydrogen (secondary N) is 2. The van der Waals surface area contributed by atoms with Gasteiger partial charge in [0.15, 0.2) is 0 Å². The maximum Gasteiger partial charge on any atom is 0.276 e. The highest BCUT2D eigenvalue weighted by Crippen LogP contribution is 2.23. The van der Waals surface area contributed by atoms with E-state index in [1.165, 1.54) is 24.3 Å². The number of sulfonamides is 2. The Morgan fingerprint density at radius 3 is 1.33 bits per heavy atom. The molecule has 0 spiro atoms. The molecule has 33 heavy (non-hydrogen) atoms. The maximum absolute atomic E-state index is 12.6. The van der Waals surface area contributed by atoms with Crippen LogP contribution in [0.1, 0.15) is 28.7 Å². The molecule has 0 atom stereocenters. The van der Waals surface area contributed by atoms with Gasteiger partial charge in [-0.2, -0.15) is 36.7 Å². The van der Waals surface area contributed by atoms with Crippen LogP contribution >= 0.6 is 0 Å². The van der Waals surface area contributed by atoms with Crippen LogP contribution in [0, 0.1) is 13.8 Å². The molecule has 0 heterocycles. The second kappa shape index (κ2) is 8.80. The van der Waals surface area contributed by atoms with Gasteiger partial charge in [0.25, 0.3) is 20.0 Å². The zero-order chi connectivity index (χ0) is 23.6. The molecule has 0 radical (unpaired) electrons. The largest absolute Gasteiger partial charge is 0.276 e. The van der Waals surface area contributed by atoms with E-state index in [-0.39, 0.29) is 16.2 Å². The topological polar surface area (TPSA) is 117 Å². The lowest BCUT2D eigenvalue weighted by Crippen LogP contribution is -2.21. The molecule has 0 aliphatic heterocycles. The van der Waals surface area contributed by atoms with E-state index >= 15 is 0 Å². The van der Waals surface area contributed by atoms with E-state index in [4.69, 9.17) is 0 Å². The molecular weight excluding hydrogens is 460 g/mol. The third-order valence-corrected chi connectivity index (χ3v) is 7.60. The minimum Gasteiger partial charge on any atom is -0.200 e. The fourth-order valence-electron chi connectivity index (χ4n) is 3.31. The van der Waals surface area contributed by atoms with Crippen LogP contribution in [0.4, 0.5) is 0 Å². The molecule has 1 aliphatic rings. The summed E-state index contributed by atoms with van der Waals surface area (Å²) in [6, 6.07) is 20.0. The van der Waals surface area contributed by atoms with Crippen LogP contribution in [-0.2, 0) is 20.0 Å². The Morgan fingerprint density at radius 2 is 0.970 bits per heavy atom. The van der Waals surface area contributed by atoms with Gasteiger partial charge in [-0.3, -0.25) is 0 Å². The molecular formula is C23H22N4O4S2. The molecule has 0 saturated carbocycles. The fraction of sp³-hybridized carbons (Fsp3) is 0.130. The van der Waals surface area contributed by atoms with Crippen molar-refractivity contribution >= 4 is 31.5 Å². The van der Waals surface area contributed by atoms with Crippen molar-refractivity contribution in [3.05, 3.63) is 95.1 Å². The van der Waals surface area contributed by atoms with Crippen molar-refractivity contribution in [3.63, 3.8) is 0 Å². The van der Waals surface area contributed by atoms with E-state index in [0.717, 1.165) is 11.1 Å². The molecule has 8 nitrogen and oxygen atoms in total. The van der Waals surface area contributed by atoms with Crippen molar-refractivity contribution < 1.29 is 16.8 Å². The van der Waals surface area contributed by atoms with Gasteiger partial charge in [0, 0.05) is 17.5 Å². The van der Waals surface area contributed by atoms with Crippen molar-refractivity contribution in [1.82, 2.24) is 9.66 Å². The summed E-state index contributed by atoms with van der Waals surface area (Å²) in [5.74, 6) is 0.